The number of hydrogen-bond donors (Lipinski definition) is 2. The van der Waals surface area contributed by atoms with Gasteiger partial charge in [0, 0.05) is 0 Å². The minimum absolute atomic E-state index is 0.0985. The molecule has 0 radical (unpaired) electrons. The van der Waals surface area contributed by atoms with Crippen LogP contribution in [0.3, 0.4) is 0 Å². The van der Waals surface area contributed by atoms with Gasteiger partial charge in [-0.2, -0.15) is 0 Å². The molecule has 7 heteroatoms. The van der Waals surface area contributed by atoms with E-state index in [0.717, 1.165) is 31.0 Å². The minimum Gasteiger partial charge on any atom is -0.394 e. The van der Waals surface area contributed by atoms with Crippen LogP contribution in [-0.2, 0) is 10.0 Å². The number of hydrogen-bond acceptors (Lipinski definition) is 3. The number of nitrogens with one attached hydrogen (secondary N) is 1. The Bertz CT molecular complexity index is 570. The van der Waals surface area contributed by atoms with Crippen LogP contribution in [0.15, 0.2) is 23.1 Å². The molecule has 1 aromatic carbocycles. The molecule has 1 aliphatic rings. The van der Waals surface area contributed by atoms with E-state index >= 15 is 0 Å². The topological polar surface area (TPSA) is 66.4 Å². The first-order chi connectivity index (χ1) is 8.88. The van der Waals surface area contributed by atoms with Crippen LogP contribution in [0, 0.1) is 5.82 Å². The molecular formula is C12H15ClFNO3S. The van der Waals surface area contributed by atoms with Gasteiger partial charge in [0.05, 0.1) is 22.1 Å². The maximum atomic E-state index is 13.0. The fourth-order valence-electron chi connectivity index (χ4n) is 2.33. The Kier molecular flexibility index (Phi) is 4.15. The molecule has 0 saturated heterocycles. The lowest BCUT2D eigenvalue weighted by molar-refractivity contribution is 0.185. The summed E-state index contributed by atoms with van der Waals surface area (Å²) in [4.78, 5) is -0.0985. The number of rotatable bonds is 4. The van der Waals surface area contributed by atoms with Crippen molar-refractivity contribution >= 4 is 21.6 Å². The van der Waals surface area contributed by atoms with E-state index in [9.17, 15) is 17.9 Å². The van der Waals surface area contributed by atoms with E-state index in [-0.39, 0.29) is 16.5 Å². The van der Waals surface area contributed by atoms with Crippen LogP contribution in [-0.4, -0.2) is 25.7 Å². The normalized spacial score (nSPS) is 18.7. The van der Waals surface area contributed by atoms with Gasteiger partial charge in [-0.25, -0.2) is 17.5 Å². The summed E-state index contributed by atoms with van der Waals surface area (Å²) in [5, 5.41) is 9.17. The molecule has 2 N–H and O–H groups in total. The molecule has 2 rings (SSSR count). The average molecular weight is 308 g/mol. The Balaban J connectivity index is 2.29. The number of aliphatic hydroxyl groups excluding tert-OH is 1. The summed E-state index contributed by atoms with van der Waals surface area (Å²) in [6.07, 6.45) is 2.93. The molecule has 0 bridgehead atoms. The van der Waals surface area contributed by atoms with Crippen LogP contribution in [0.4, 0.5) is 4.39 Å². The summed E-state index contributed by atoms with van der Waals surface area (Å²) in [5.74, 6) is -0.668. The summed E-state index contributed by atoms with van der Waals surface area (Å²) in [5.41, 5.74) is -0.806. The van der Waals surface area contributed by atoms with E-state index in [1.165, 1.54) is 0 Å². The van der Waals surface area contributed by atoms with Crippen molar-refractivity contribution in [2.75, 3.05) is 6.61 Å². The highest BCUT2D eigenvalue weighted by atomic mass is 35.5. The van der Waals surface area contributed by atoms with E-state index in [1.807, 2.05) is 0 Å². The summed E-state index contributed by atoms with van der Waals surface area (Å²) >= 11 is 5.59. The third kappa shape index (κ3) is 3.08. The molecule has 0 spiro atoms. The number of halogens is 2. The zero-order valence-electron chi connectivity index (χ0n) is 10.2. The van der Waals surface area contributed by atoms with Crippen molar-refractivity contribution in [3.63, 3.8) is 0 Å². The molecule has 4 nitrogen and oxygen atoms in total. The van der Waals surface area contributed by atoms with Crippen LogP contribution in [0.2, 0.25) is 5.02 Å². The molecular weight excluding hydrogens is 293 g/mol. The lowest BCUT2D eigenvalue weighted by Crippen LogP contribution is -2.49. The standard InChI is InChI=1S/C12H15ClFNO3S/c13-10-7-9(3-4-11(10)14)19(17,18)15-12(8-16)5-1-2-6-12/h3-4,7,15-16H,1-2,5-6,8H2. The van der Waals surface area contributed by atoms with Crippen molar-refractivity contribution in [1.82, 2.24) is 4.72 Å². The van der Waals surface area contributed by atoms with Gasteiger partial charge in [-0.3, -0.25) is 0 Å². The van der Waals surface area contributed by atoms with E-state index in [4.69, 9.17) is 11.6 Å². The molecule has 0 aromatic heterocycles. The largest absolute Gasteiger partial charge is 0.394 e. The number of sulfonamides is 1. The lowest BCUT2D eigenvalue weighted by atomic mass is 10.0. The SMILES string of the molecule is O=S(=O)(NC1(CO)CCCC1)c1ccc(F)c(Cl)c1. The van der Waals surface area contributed by atoms with Crippen LogP contribution in [0.1, 0.15) is 25.7 Å². The summed E-state index contributed by atoms with van der Waals surface area (Å²) in [7, 11) is -3.81. The van der Waals surface area contributed by atoms with Gasteiger partial charge >= 0.3 is 0 Å². The Labute approximate surface area is 116 Å². The lowest BCUT2D eigenvalue weighted by Gasteiger charge is -2.27. The van der Waals surface area contributed by atoms with E-state index in [2.05, 4.69) is 4.72 Å². The molecule has 1 aliphatic carbocycles. The van der Waals surface area contributed by atoms with Crippen LogP contribution < -0.4 is 4.72 Å². The van der Waals surface area contributed by atoms with Crippen LogP contribution >= 0.6 is 11.6 Å². The molecule has 106 valence electrons. The molecule has 1 saturated carbocycles. The number of benzene rings is 1. The molecule has 1 fully saturated rings. The predicted molar refractivity (Wildman–Crippen MR) is 70.0 cm³/mol. The van der Waals surface area contributed by atoms with Gasteiger partial charge < -0.3 is 5.11 Å². The van der Waals surface area contributed by atoms with Gasteiger partial charge in [0.1, 0.15) is 5.82 Å². The van der Waals surface area contributed by atoms with Crippen LogP contribution in [0.5, 0.6) is 0 Å². The van der Waals surface area contributed by atoms with E-state index in [0.29, 0.717) is 12.8 Å². The second-order valence-corrected chi connectivity index (χ2v) is 6.92. The van der Waals surface area contributed by atoms with Crippen molar-refractivity contribution < 1.29 is 17.9 Å². The third-order valence-corrected chi connectivity index (χ3v) is 5.28. The summed E-state index contributed by atoms with van der Waals surface area (Å²) < 4.78 is 40.0. The smallest absolute Gasteiger partial charge is 0.241 e. The van der Waals surface area contributed by atoms with E-state index < -0.39 is 21.4 Å². The molecule has 19 heavy (non-hydrogen) atoms. The fraction of sp³-hybridized carbons (Fsp3) is 0.500. The predicted octanol–water partition coefficient (Wildman–Crippen LogP) is 2.06. The van der Waals surface area contributed by atoms with Gasteiger partial charge in [-0.15, -0.1) is 0 Å². The van der Waals surface area contributed by atoms with Crippen molar-refractivity contribution in [1.29, 1.82) is 0 Å². The first kappa shape index (κ1) is 14.7. The second-order valence-electron chi connectivity index (χ2n) is 4.83. The van der Waals surface area contributed by atoms with Gasteiger partial charge in [-0.05, 0) is 31.0 Å². The molecule has 1 aromatic rings. The van der Waals surface area contributed by atoms with Crippen molar-refractivity contribution in [2.45, 2.75) is 36.1 Å². The zero-order valence-corrected chi connectivity index (χ0v) is 11.8. The van der Waals surface area contributed by atoms with Gasteiger partial charge in [0.15, 0.2) is 0 Å². The Morgan fingerprint density at radius 2 is 2.00 bits per heavy atom. The summed E-state index contributed by atoms with van der Waals surface area (Å²) in [6.45, 7) is -0.249. The minimum atomic E-state index is -3.81. The average Bonchev–Trinajstić information content (AvgIpc) is 2.81. The fourth-order valence-corrected chi connectivity index (χ4v) is 4.05. The van der Waals surface area contributed by atoms with E-state index in [1.54, 1.807) is 0 Å². The Morgan fingerprint density at radius 3 is 2.53 bits per heavy atom. The van der Waals surface area contributed by atoms with Crippen molar-refractivity contribution in [3.8, 4) is 0 Å². The maximum absolute atomic E-state index is 13.0. The van der Waals surface area contributed by atoms with Crippen molar-refractivity contribution in [2.24, 2.45) is 0 Å². The van der Waals surface area contributed by atoms with Gasteiger partial charge in [-0.1, -0.05) is 24.4 Å². The maximum Gasteiger partial charge on any atom is 0.241 e. The van der Waals surface area contributed by atoms with Gasteiger partial charge in [0.25, 0.3) is 0 Å². The summed E-state index contributed by atoms with van der Waals surface area (Å²) in [6, 6.07) is 3.24. The molecule has 0 atom stereocenters. The Morgan fingerprint density at radius 1 is 1.37 bits per heavy atom. The number of aliphatic hydroxyl groups is 1. The molecule has 0 aliphatic heterocycles. The second kappa shape index (κ2) is 5.36. The molecule has 0 unspecified atom stereocenters. The highest BCUT2D eigenvalue weighted by molar-refractivity contribution is 7.89. The third-order valence-electron chi connectivity index (χ3n) is 3.42. The monoisotopic (exact) mass is 307 g/mol. The van der Waals surface area contributed by atoms with Gasteiger partial charge in [0.2, 0.25) is 10.0 Å². The quantitative estimate of drug-likeness (QED) is 0.895. The highest BCUT2D eigenvalue weighted by Crippen LogP contribution is 2.31. The highest BCUT2D eigenvalue weighted by Gasteiger charge is 2.37. The van der Waals surface area contributed by atoms with Crippen LogP contribution in [0.25, 0.3) is 0 Å². The zero-order chi connectivity index (χ0) is 14.1. The van der Waals surface area contributed by atoms with Crippen molar-refractivity contribution in [3.05, 3.63) is 29.0 Å². The molecule has 0 amide bonds. The first-order valence-corrected chi connectivity index (χ1v) is 7.85. The first-order valence-electron chi connectivity index (χ1n) is 5.98. The Hall–Kier alpha value is -0.690. The molecule has 0 heterocycles.